The van der Waals surface area contributed by atoms with E-state index >= 15 is 0 Å². The number of nitrogens with zero attached hydrogens (tertiary/aromatic N) is 5. The van der Waals surface area contributed by atoms with Gasteiger partial charge in [-0.05, 0) is 98.1 Å². The smallest absolute Gasteiger partial charge is 0.254 e. The molecule has 1 saturated carbocycles. The summed E-state index contributed by atoms with van der Waals surface area (Å²) in [6.07, 6.45) is 1.54. The zero-order valence-corrected chi connectivity index (χ0v) is 43.8. The maximum Gasteiger partial charge on any atom is 0.254 e. The molecule has 0 bridgehead atoms. The summed E-state index contributed by atoms with van der Waals surface area (Å²) in [5, 5.41) is 17.2. The number of hydrogen-bond acceptors (Lipinski definition) is 9. The molecule has 15 heteroatoms. The number of halogens is 1. The van der Waals surface area contributed by atoms with Crippen LogP contribution < -0.4 is 15.4 Å². The molecule has 4 aromatic rings. The molecule has 0 spiro atoms. The number of piperidine rings is 1. The van der Waals surface area contributed by atoms with E-state index in [1.54, 1.807) is 29.5 Å². The standard InChI is InChI=1S/C56H66ClN7O6S/c1-33(37-15-17-38(18-16-37)47-34(2)59-32-71-47)60-49(67)45-27-40(65)30-63(45)51(69)48(54(3,4)5)61-46(66)31-62-24-22-35(23-25-62)12-11-13-36-14-20-42-39(26-36)29-64(50(42)68)52-55(6,7)53(56(52,8)9)70-41-19-21-44(58-10)43(57)28-41/h14-21,26,28,32-33,35,40,45,48,52-53,65H,12,22-25,27,29-31H2,1-9H3,(H,60,67)(H,61,66)/t33-,40+,45+,48+,52?,53?/m0/s1. The van der Waals surface area contributed by atoms with Gasteiger partial charge in [0.15, 0.2) is 0 Å². The molecular weight excluding hydrogens is 934 g/mol. The van der Waals surface area contributed by atoms with E-state index in [4.69, 9.17) is 22.9 Å². The van der Waals surface area contributed by atoms with Crippen LogP contribution in [0.5, 0.6) is 5.75 Å². The number of rotatable bonds is 12. The molecule has 1 aromatic heterocycles. The third-order valence-electron chi connectivity index (χ3n) is 15.1. The Hall–Kier alpha value is -5.77. The highest BCUT2D eigenvalue weighted by Crippen LogP contribution is 2.59. The summed E-state index contributed by atoms with van der Waals surface area (Å²) in [5.41, 5.74) is 6.30. The van der Waals surface area contributed by atoms with Crippen LogP contribution in [0.1, 0.15) is 120 Å². The Morgan fingerprint density at radius 3 is 2.37 bits per heavy atom. The number of hydrogen-bond donors (Lipinski definition) is 3. The normalized spacial score (nSPS) is 22.6. The largest absolute Gasteiger partial charge is 0.489 e. The molecule has 4 atom stereocenters. The second-order valence-electron chi connectivity index (χ2n) is 22.2. The van der Waals surface area contributed by atoms with Gasteiger partial charge in [0.2, 0.25) is 23.4 Å². The number of amides is 4. The number of nitrogens with one attached hydrogen (secondary N) is 2. The van der Waals surface area contributed by atoms with Gasteiger partial charge in [-0.1, -0.05) is 102 Å². The van der Waals surface area contributed by atoms with Crippen molar-refractivity contribution in [1.82, 2.24) is 30.3 Å². The first-order valence-electron chi connectivity index (χ1n) is 24.6. The molecule has 3 aromatic carbocycles. The molecule has 4 heterocycles. The average Bonchev–Trinajstić information content (AvgIpc) is 4.02. The van der Waals surface area contributed by atoms with Crippen molar-refractivity contribution < 1.29 is 29.0 Å². The molecule has 4 aliphatic rings. The lowest BCUT2D eigenvalue weighted by Gasteiger charge is -2.65. The van der Waals surface area contributed by atoms with Crippen molar-refractivity contribution in [3.05, 3.63) is 111 Å². The Balaban J connectivity index is 0.808. The van der Waals surface area contributed by atoms with Gasteiger partial charge in [0, 0.05) is 53.9 Å². The van der Waals surface area contributed by atoms with Crippen LogP contribution in [0, 0.1) is 47.5 Å². The minimum atomic E-state index is -0.907. The Kier molecular flexibility index (Phi) is 14.8. The number of ether oxygens (including phenoxy) is 1. The van der Waals surface area contributed by atoms with Gasteiger partial charge in [-0.15, -0.1) is 11.3 Å². The fraction of sp³-hybridized carbons (Fsp3) is 0.500. The monoisotopic (exact) mass is 999 g/mol. The molecule has 13 nitrogen and oxygen atoms in total. The fourth-order valence-electron chi connectivity index (χ4n) is 11.7. The zero-order chi connectivity index (χ0) is 51.2. The van der Waals surface area contributed by atoms with E-state index in [2.05, 4.69) is 64.9 Å². The first-order valence-corrected chi connectivity index (χ1v) is 25.9. The zero-order valence-electron chi connectivity index (χ0n) is 42.3. The van der Waals surface area contributed by atoms with Crippen molar-refractivity contribution in [2.24, 2.45) is 22.2 Å². The molecule has 374 valence electrons. The lowest BCUT2D eigenvalue weighted by molar-refractivity contribution is -0.199. The number of β-amino-alcohol motifs (C(OH)–C–C–N with tert-alkyl or cyclic N) is 1. The van der Waals surface area contributed by atoms with E-state index in [1.807, 2.05) is 87.5 Å². The summed E-state index contributed by atoms with van der Waals surface area (Å²) in [5.74, 6) is 6.75. The van der Waals surface area contributed by atoms with Gasteiger partial charge in [0.25, 0.3) is 5.91 Å². The number of aromatic nitrogens is 1. The number of aliphatic hydroxyl groups is 1. The lowest BCUT2D eigenvalue weighted by atomic mass is 9.49. The second kappa shape index (κ2) is 20.4. The van der Waals surface area contributed by atoms with E-state index in [9.17, 15) is 24.3 Å². The van der Waals surface area contributed by atoms with Crippen LogP contribution in [0.25, 0.3) is 15.3 Å². The molecule has 3 aliphatic heterocycles. The molecule has 3 fully saturated rings. The molecule has 3 N–H and O–H groups in total. The van der Waals surface area contributed by atoms with Crippen molar-refractivity contribution in [2.45, 2.75) is 131 Å². The van der Waals surface area contributed by atoms with Gasteiger partial charge in [-0.3, -0.25) is 24.1 Å². The molecule has 8 rings (SSSR count). The first-order chi connectivity index (χ1) is 33.6. The fourth-order valence-corrected chi connectivity index (χ4v) is 12.7. The predicted octanol–water partition coefficient (Wildman–Crippen LogP) is 8.98. The number of aliphatic hydroxyl groups excluding tert-OH is 1. The van der Waals surface area contributed by atoms with Crippen LogP contribution >= 0.6 is 22.9 Å². The molecule has 4 amide bonds. The van der Waals surface area contributed by atoms with Crippen LogP contribution in [-0.2, 0) is 20.9 Å². The van der Waals surface area contributed by atoms with Crippen LogP contribution in [0.3, 0.4) is 0 Å². The number of carbonyl (C=O) groups is 4. The predicted molar refractivity (Wildman–Crippen MR) is 277 cm³/mol. The SMILES string of the molecule is [C-]#[N+]c1ccc(OC2C(C)(C)C(N3Cc4cc(C#CCC5CCN(CC(=O)N[C@H](C(=O)N6C[C@H](O)C[C@@H]6C(=O)N[C@@H](C)c6ccc(-c7scnc7C)cc6)C(C)(C)C)CC5)ccc4C3=O)C2(C)C)cc1Cl. The van der Waals surface area contributed by atoms with Crippen molar-refractivity contribution in [3.63, 3.8) is 0 Å². The number of likely N-dealkylation sites (tertiary alicyclic amines) is 2. The van der Waals surface area contributed by atoms with E-state index < -0.39 is 23.6 Å². The second-order valence-corrected chi connectivity index (χ2v) is 23.4. The van der Waals surface area contributed by atoms with E-state index in [-0.39, 0.29) is 72.2 Å². The highest BCUT2D eigenvalue weighted by atomic mass is 35.5. The Labute approximate surface area is 427 Å². The van der Waals surface area contributed by atoms with Gasteiger partial charge >= 0.3 is 0 Å². The number of thiazole rings is 1. The van der Waals surface area contributed by atoms with Gasteiger partial charge in [-0.25, -0.2) is 9.83 Å². The van der Waals surface area contributed by atoms with Gasteiger partial charge < -0.3 is 30.3 Å². The number of carbonyl (C=O) groups excluding carboxylic acids is 4. The first kappa shape index (κ1) is 51.6. The maximum absolute atomic E-state index is 14.3. The highest BCUT2D eigenvalue weighted by molar-refractivity contribution is 7.13. The van der Waals surface area contributed by atoms with Crippen molar-refractivity contribution >= 4 is 52.3 Å². The van der Waals surface area contributed by atoms with Crippen LogP contribution in [0.15, 0.2) is 66.2 Å². The maximum atomic E-state index is 14.3. The Morgan fingerprint density at radius 2 is 1.73 bits per heavy atom. The molecule has 71 heavy (non-hydrogen) atoms. The van der Waals surface area contributed by atoms with Crippen LogP contribution in [0.2, 0.25) is 5.02 Å². The van der Waals surface area contributed by atoms with Crippen LogP contribution in [-0.4, -0.2) is 105 Å². The van der Waals surface area contributed by atoms with E-state index in [0.717, 1.165) is 65.2 Å². The van der Waals surface area contributed by atoms with E-state index in [0.29, 0.717) is 34.5 Å². The van der Waals surface area contributed by atoms with Crippen molar-refractivity contribution in [2.75, 3.05) is 26.2 Å². The quantitative estimate of drug-likeness (QED) is 0.0942. The third-order valence-corrected chi connectivity index (χ3v) is 16.3. The van der Waals surface area contributed by atoms with Crippen molar-refractivity contribution in [1.29, 1.82) is 0 Å². The number of fused-ring (bicyclic) bond motifs is 1. The molecule has 0 unspecified atom stereocenters. The topological polar surface area (TPSA) is 149 Å². The molecule has 2 saturated heterocycles. The lowest BCUT2D eigenvalue weighted by Crippen LogP contribution is -2.74. The number of benzene rings is 3. The molecule has 0 radical (unpaired) electrons. The molecular formula is C56H66ClN7O6S. The number of aryl methyl sites for hydroxylation is 1. The van der Waals surface area contributed by atoms with Crippen LogP contribution in [0.4, 0.5) is 5.69 Å². The summed E-state index contributed by atoms with van der Waals surface area (Å²) in [4.78, 5) is 70.0. The van der Waals surface area contributed by atoms with Crippen molar-refractivity contribution in [3.8, 4) is 28.0 Å². The summed E-state index contributed by atoms with van der Waals surface area (Å²) >= 11 is 7.90. The van der Waals surface area contributed by atoms with Gasteiger partial charge in [0.1, 0.15) is 23.9 Å². The summed E-state index contributed by atoms with van der Waals surface area (Å²) in [7, 11) is 0. The molecule has 1 aliphatic carbocycles. The minimum absolute atomic E-state index is 0.00682. The summed E-state index contributed by atoms with van der Waals surface area (Å²) in [6, 6.07) is 16.8. The average molecular weight is 1000 g/mol. The highest BCUT2D eigenvalue weighted by Gasteiger charge is 2.67. The van der Waals surface area contributed by atoms with E-state index in [1.165, 1.54) is 4.90 Å². The Bertz CT molecular complexity index is 2780. The Morgan fingerprint density at radius 1 is 1.03 bits per heavy atom. The summed E-state index contributed by atoms with van der Waals surface area (Å²) < 4.78 is 6.49. The summed E-state index contributed by atoms with van der Waals surface area (Å²) in [6.45, 7) is 27.5. The van der Waals surface area contributed by atoms with Gasteiger partial charge in [-0.2, -0.15) is 0 Å². The third kappa shape index (κ3) is 10.7. The minimum Gasteiger partial charge on any atom is -0.489 e. The van der Waals surface area contributed by atoms with Gasteiger partial charge in [0.05, 0.1) is 46.4 Å².